The van der Waals surface area contributed by atoms with Crippen molar-refractivity contribution in [3.05, 3.63) is 65.7 Å². The highest BCUT2D eigenvalue weighted by molar-refractivity contribution is 7.89. The van der Waals surface area contributed by atoms with Crippen molar-refractivity contribution in [3.63, 3.8) is 0 Å². The average Bonchev–Trinajstić information content (AvgIpc) is 3.13. The summed E-state index contributed by atoms with van der Waals surface area (Å²) in [6.07, 6.45) is 0.609. The molecule has 2 aromatic carbocycles. The normalized spacial score (nSPS) is 25.1. The van der Waals surface area contributed by atoms with Crippen LogP contribution in [0.25, 0.3) is 0 Å². The molecule has 2 aliphatic heterocycles. The van der Waals surface area contributed by atoms with Crippen LogP contribution in [0.5, 0.6) is 0 Å². The van der Waals surface area contributed by atoms with Gasteiger partial charge in [-0.2, -0.15) is 4.31 Å². The van der Waals surface area contributed by atoms with E-state index in [9.17, 15) is 13.2 Å². The van der Waals surface area contributed by atoms with Gasteiger partial charge in [-0.1, -0.05) is 36.4 Å². The fraction of sp³-hybridized carbons (Fsp3) is 0.278. The molecule has 2 aromatic rings. The molecule has 24 heavy (non-hydrogen) atoms. The number of hydrogen-bond acceptors (Lipinski definition) is 3. The van der Waals surface area contributed by atoms with Gasteiger partial charge in [-0.3, -0.25) is 4.79 Å². The molecule has 1 amide bonds. The summed E-state index contributed by atoms with van der Waals surface area (Å²) in [5.74, 6) is -0.0531. The highest BCUT2D eigenvalue weighted by atomic mass is 32.2. The highest BCUT2D eigenvalue weighted by Crippen LogP contribution is 2.48. The lowest BCUT2D eigenvalue weighted by atomic mass is 9.89. The molecule has 1 atom stereocenters. The van der Waals surface area contributed by atoms with E-state index in [1.807, 2.05) is 30.3 Å². The molecule has 0 saturated carbocycles. The Kier molecular flexibility index (Phi) is 3.30. The number of nitrogens with zero attached hydrogens (tertiary/aromatic N) is 2. The van der Waals surface area contributed by atoms with Crippen molar-refractivity contribution in [2.45, 2.75) is 16.9 Å². The van der Waals surface area contributed by atoms with Crippen molar-refractivity contribution in [1.82, 2.24) is 9.21 Å². The lowest BCUT2D eigenvalue weighted by molar-refractivity contribution is 0.0769. The number of hydrogen-bond donors (Lipinski definition) is 0. The molecule has 5 nitrogen and oxygen atoms in total. The van der Waals surface area contributed by atoms with Crippen molar-refractivity contribution in [1.29, 1.82) is 0 Å². The zero-order valence-corrected chi connectivity index (χ0v) is 14.2. The van der Waals surface area contributed by atoms with Gasteiger partial charge in [0.05, 0.1) is 10.4 Å². The number of likely N-dealkylation sites (tertiary alicyclic amines) is 1. The molecule has 124 valence electrons. The molecule has 0 N–H and O–H groups in total. The zero-order chi connectivity index (χ0) is 16.9. The Balaban J connectivity index is 1.73. The molecule has 1 spiro atoms. The molecule has 0 aliphatic carbocycles. The second-order valence-electron chi connectivity index (χ2n) is 6.34. The smallest absolute Gasteiger partial charge is 0.253 e. The first-order valence-electron chi connectivity index (χ1n) is 7.90. The number of sulfonamides is 1. The molecule has 1 saturated heterocycles. The van der Waals surface area contributed by atoms with E-state index in [1.165, 1.54) is 4.31 Å². The minimum absolute atomic E-state index is 0.0531. The fourth-order valence-electron chi connectivity index (χ4n) is 3.83. The molecule has 6 heteroatoms. The summed E-state index contributed by atoms with van der Waals surface area (Å²) in [6.45, 7) is 0.926. The third-order valence-electron chi connectivity index (χ3n) is 5.19. The van der Waals surface area contributed by atoms with E-state index in [0.29, 0.717) is 30.0 Å². The third-order valence-corrected chi connectivity index (χ3v) is 7.17. The highest BCUT2D eigenvalue weighted by Gasteiger charge is 2.55. The van der Waals surface area contributed by atoms with Crippen molar-refractivity contribution in [2.75, 3.05) is 20.1 Å². The van der Waals surface area contributed by atoms with Crippen molar-refractivity contribution < 1.29 is 13.2 Å². The standard InChI is InChI=1S/C18H18N2O3S/c1-19-18(15-9-5-6-10-16(15)24(19,22)23)11-12-20(13-18)17(21)14-7-3-2-4-8-14/h2-10H,11-13H2,1H3. The van der Waals surface area contributed by atoms with Crippen LogP contribution >= 0.6 is 0 Å². The maximum absolute atomic E-state index is 12.7. The number of carbonyl (C=O) groups is 1. The van der Waals surface area contributed by atoms with Gasteiger partial charge in [0.1, 0.15) is 0 Å². The summed E-state index contributed by atoms with van der Waals surface area (Å²) < 4.78 is 26.9. The third kappa shape index (κ3) is 1.96. The number of fused-ring (bicyclic) bond motifs is 2. The van der Waals surface area contributed by atoms with Crippen LogP contribution in [0, 0.1) is 0 Å². The molecular formula is C18H18N2O3S. The Morgan fingerprint density at radius 1 is 1.04 bits per heavy atom. The predicted molar refractivity (Wildman–Crippen MR) is 90.0 cm³/mol. The molecule has 1 unspecified atom stereocenters. The van der Waals surface area contributed by atoms with Crippen LogP contribution in [0.4, 0.5) is 0 Å². The van der Waals surface area contributed by atoms with E-state index in [1.54, 1.807) is 36.2 Å². The van der Waals surface area contributed by atoms with Crippen LogP contribution in [0.15, 0.2) is 59.5 Å². The van der Waals surface area contributed by atoms with E-state index >= 15 is 0 Å². The lowest BCUT2D eigenvalue weighted by Gasteiger charge is -2.31. The molecule has 2 heterocycles. The maximum Gasteiger partial charge on any atom is 0.253 e. The number of carbonyl (C=O) groups excluding carboxylic acids is 1. The molecular weight excluding hydrogens is 324 g/mol. The lowest BCUT2D eigenvalue weighted by Crippen LogP contribution is -2.44. The van der Waals surface area contributed by atoms with Crippen LogP contribution in [-0.2, 0) is 15.6 Å². The van der Waals surface area contributed by atoms with Crippen molar-refractivity contribution in [2.24, 2.45) is 0 Å². The van der Waals surface area contributed by atoms with Gasteiger partial charge in [0.2, 0.25) is 10.0 Å². The number of likely N-dealkylation sites (N-methyl/N-ethyl adjacent to an activating group) is 1. The maximum atomic E-state index is 12.7. The summed E-state index contributed by atoms with van der Waals surface area (Å²) in [5.41, 5.74) is 0.780. The Morgan fingerprint density at radius 3 is 2.46 bits per heavy atom. The predicted octanol–water partition coefficient (Wildman–Crippen LogP) is 2.06. The second kappa shape index (κ2) is 5.16. The fourth-order valence-corrected chi connectivity index (χ4v) is 5.62. The molecule has 0 bridgehead atoms. The minimum atomic E-state index is -3.49. The van der Waals surface area contributed by atoms with Gasteiger partial charge in [0, 0.05) is 25.7 Å². The number of rotatable bonds is 1. The van der Waals surface area contributed by atoms with Crippen LogP contribution < -0.4 is 0 Å². The largest absolute Gasteiger partial charge is 0.336 e. The number of benzene rings is 2. The van der Waals surface area contributed by atoms with Gasteiger partial charge in [0.15, 0.2) is 0 Å². The molecule has 1 fully saturated rings. The first kappa shape index (κ1) is 15.4. The van der Waals surface area contributed by atoms with Crippen LogP contribution in [0.2, 0.25) is 0 Å². The topological polar surface area (TPSA) is 57.7 Å². The van der Waals surface area contributed by atoms with Gasteiger partial charge in [-0.15, -0.1) is 0 Å². The number of amides is 1. The van der Waals surface area contributed by atoms with Gasteiger partial charge in [-0.05, 0) is 30.2 Å². The zero-order valence-electron chi connectivity index (χ0n) is 13.3. The molecule has 0 aromatic heterocycles. The Bertz CT molecular complexity index is 911. The Hall–Kier alpha value is -2.18. The Labute approximate surface area is 141 Å². The van der Waals surface area contributed by atoms with Crippen molar-refractivity contribution in [3.8, 4) is 0 Å². The first-order chi connectivity index (χ1) is 11.5. The summed E-state index contributed by atoms with van der Waals surface area (Å²) in [7, 11) is -1.88. The van der Waals surface area contributed by atoms with E-state index in [-0.39, 0.29) is 5.91 Å². The van der Waals surface area contributed by atoms with E-state index in [2.05, 4.69) is 0 Å². The average molecular weight is 342 g/mol. The van der Waals surface area contributed by atoms with Gasteiger partial charge < -0.3 is 4.90 Å². The quantitative estimate of drug-likeness (QED) is 0.797. The summed E-state index contributed by atoms with van der Waals surface area (Å²) in [5, 5.41) is 0. The van der Waals surface area contributed by atoms with Gasteiger partial charge in [-0.25, -0.2) is 8.42 Å². The SMILES string of the molecule is CN1C2(CCN(C(=O)c3ccccc3)C2)c2ccccc2S1(=O)=O. The van der Waals surface area contributed by atoms with E-state index < -0.39 is 15.6 Å². The van der Waals surface area contributed by atoms with Gasteiger partial charge >= 0.3 is 0 Å². The van der Waals surface area contributed by atoms with Crippen molar-refractivity contribution >= 4 is 15.9 Å². The van der Waals surface area contributed by atoms with Crippen LogP contribution in [-0.4, -0.2) is 43.7 Å². The van der Waals surface area contributed by atoms with E-state index in [4.69, 9.17) is 0 Å². The summed E-state index contributed by atoms with van der Waals surface area (Å²) in [6, 6.07) is 16.2. The van der Waals surface area contributed by atoms with Gasteiger partial charge in [0.25, 0.3) is 5.91 Å². The Morgan fingerprint density at radius 2 is 1.71 bits per heavy atom. The monoisotopic (exact) mass is 342 g/mol. The minimum Gasteiger partial charge on any atom is -0.336 e. The van der Waals surface area contributed by atoms with E-state index in [0.717, 1.165) is 5.56 Å². The molecule has 2 aliphatic rings. The summed E-state index contributed by atoms with van der Waals surface area (Å²) >= 11 is 0. The first-order valence-corrected chi connectivity index (χ1v) is 9.34. The van der Waals surface area contributed by atoms with Crippen LogP contribution in [0.3, 0.4) is 0 Å². The van der Waals surface area contributed by atoms with Crippen LogP contribution in [0.1, 0.15) is 22.3 Å². The summed E-state index contributed by atoms with van der Waals surface area (Å²) in [4.78, 5) is 14.8. The molecule has 4 rings (SSSR count). The second-order valence-corrected chi connectivity index (χ2v) is 8.28. The molecule has 0 radical (unpaired) electrons.